The van der Waals surface area contributed by atoms with Crippen LogP contribution >= 0.6 is 0 Å². The summed E-state index contributed by atoms with van der Waals surface area (Å²) in [5, 5.41) is 0. The Hall–Kier alpha value is -2.62. The Morgan fingerprint density at radius 3 is 1.73 bits per heavy atom. The zero-order chi connectivity index (χ0) is 15.8. The van der Waals surface area contributed by atoms with Gasteiger partial charge in [-0.3, -0.25) is 9.59 Å². The van der Waals surface area contributed by atoms with E-state index in [1.54, 1.807) is 4.90 Å². The number of methoxy groups -OCH3 is 1. The minimum Gasteiger partial charge on any atom is -0.469 e. The molecular formula is C18H19NO3. The van der Waals surface area contributed by atoms with Gasteiger partial charge in [0.25, 0.3) is 0 Å². The van der Waals surface area contributed by atoms with Gasteiger partial charge >= 0.3 is 5.97 Å². The van der Waals surface area contributed by atoms with E-state index in [4.69, 9.17) is 0 Å². The molecule has 0 saturated carbocycles. The average Bonchev–Trinajstić information content (AvgIpc) is 2.56. The fraction of sp³-hybridized carbons (Fsp3) is 0.222. The summed E-state index contributed by atoms with van der Waals surface area (Å²) < 4.78 is 4.59. The molecule has 4 nitrogen and oxygen atoms in total. The van der Waals surface area contributed by atoms with E-state index < -0.39 is 5.97 Å². The van der Waals surface area contributed by atoms with E-state index in [0.29, 0.717) is 13.1 Å². The van der Waals surface area contributed by atoms with Crippen LogP contribution in [0.3, 0.4) is 0 Å². The van der Waals surface area contributed by atoms with Crippen molar-refractivity contribution in [3.63, 3.8) is 0 Å². The van der Waals surface area contributed by atoms with Crippen molar-refractivity contribution in [2.75, 3.05) is 7.11 Å². The van der Waals surface area contributed by atoms with Crippen molar-refractivity contribution in [3.05, 3.63) is 71.8 Å². The lowest BCUT2D eigenvalue weighted by molar-refractivity contribution is -0.147. The summed E-state index contributed by atoms with van der Waals surface area (Å²) in [7, 11) is 1.29. The number of ether oxygens (including phenoxy) is 1. The van der Waals surface area contributed by atoms with Gasteiger partial charge in [0, 0.05) is 13.1 Å². The Morgan fingerprint density at radius 1 is 0.864 bits per heavy atom. The normalized spacial score (nSPS) is 10.0. The molecule has 0 atom stereocenters. The quantitative estimate of drug-likeness (QED) is 0.608. The van der Waals surface area contributed by atoms with Gasteiger partial charge in [-0.25, -0.2) is 0 Å². The highest BCUT2D eigenvalue weighted by Crippen LogP contribution is 2.11. The summed E-state index contributed by atoms with van der Waals surface area (Å²) in [6, 6.07) is 19.4. The second-order valence-corrected chi connectivity index (χ2v) is 4.97. The first-order valence-corrected chi connectivity index (χ1v) is 7.11. The Kier molecular flexibility index (Phi) is 5.72. The van der Waals surface area contributed by atoms with Gasteiger partial charge in [-0.15, -0.1) is 0 Å². The number of benzene rings is 2. The highest BCUT2D eigenvalue weighted by Gasteiger charge is 2.18. The van der Waals surface area contributed by atoms with Crippen LogP contribution in [0.15, 0.2) is 60.7 Å². The lowest BCUT2D eigenvalue weighted by atomic mass is 10.1. The zero-order valence-electron chi connectivity index (χ0n) is 12.6. The number of amides is 1. The molecule has 2 rings (SSSR count). The van der Waals surface area contributed by atoms with Gasteiger partial charge in [-0.05, 0) is 11.1 Å². The Morgan fingerprint density at radius 2 is 1.32 bits per heavy atom. The molecule has 22 heavy (non-hydrogen) atoms. The molecule has 114 valence electrons. The van der Waals surface area contributed by atoms with Gasteiger partial charge in [0.1, 0.15) is 6.42 Å². The van der Waals surface area contributed by atoms with Crippen molar-refractivity contribution in [1.82, 2.24) is 4.90 Å². The SMILES string of the molecule is COC(=O)CC(=O)N(Cc1ccccc1)Cc1ccccc1. The summed E-state index contributed by atoms with van der Waals surface area (Å²) in [5.41, 5.74) is 2.05. The van der Waals surface area contributed by atoms with Gasteiger partial charge in [0.15, 0.2) is 0 Å². The van der Waals surface area contributed by atoms with Crippen LogP contribution in [0.4, 0.5) is 0 Å². The maximum absolute atomic E-state index is 12.3. The molecule has 0 bridgehead atoms. The number of hydrogen-bond donors (Lipinski definition) is 0. The monoisotopic (exact) mass is 297 g/mol. The molecule has 0 aromatic heterocycles. The fourth-order valence-corrected chi connectivity index (χ4v) is 2.15. The molecule has 1 amide bonds. The molecule has 0 spiro atoms. The summed E-state index contributed by atoms with van der Waals surface area (Å²) >= 11 is 0. The maximum Gasteiger partial charge on any atom is 0.315 e. The predicted molar refractivity (Wildman–Crippen MR) is 83.8 cm³/mol. The third-order valence-corrected chi connectivity index (χ3v) is 3.31. The molecule has 0 aliphatic heterocycles. The lowest BCUT2D eigenvalue weighted by Crippen LogP contribution is -2.31. The van der Waals surface area contributed by atoms with Gasteiger partial charge in [0.05, 0.1) is 7.11 Å². The summed E-state index contributed by atoms with van der Waals surface area (Å²) in [6.45, 7) is 0.928. The molecule has 0 fully saturated rings. The fourth-order valence-electron chi connectivity index (χ4n) is 2.15. The average molecular weight is 297 g/mol. The number of rotatable bonds is 6. The molecule has 0 radical (unpaired) electrons. The third kappa shape index (κ3) is 4.74. The van der Waals surface area contributed by atoms with Crippen LogP contribution in [-0.4, -0.2) is 23.9 Å². The van der Waals surface area contributed by atoms with Crippen molar-refractivity contribution in [2.45, 2.75) is 19.5 Å². The zero-order valence-corrected chi connectivity index (χ0v) is 12.6. The van der Waals surface area contributed by atoms with E-state index in [-0.39, 0.29) is 12.3 Å². The van der Waals surface area contributed by atoms with Crippen LogP contribution in [0, 0.1) is 0 Å². The number of carbonyl (C=O) groups is 2. The van der Waals surface area contributed by atoms with Crippen LogP contribution in [-0.2, 0) is 27.4 Å². The predicted octanol–water partition coefficient (Wildman–Crippen LogP) is 2.78. The van der Waals surface area contributed by atoms with Crippen LogP contribution < -0.4 is 0 Å². The smallest absolute Gasteiger partial charge is 0.315 e. The highest BCUT2D eigenvalue weighted by atomic mass is 16.5. The third-order valence-electron chi connectivity index (χ3n) is 3.31. The van der Waals surface area contributed by atoms with E-state index in [2.05, 4.69) is 4.74 Å². The van der Waals surface area contributed by atoms with E-state index in [1.165, 1.54) is 7.11 Å². The van der Waals surface area contributed by atoms with E-state index in [9.17, 15) is 9.59 Å². The first-order chi connectivity index (χ1) is 10.7. The molecule has 2 aromatic carbocycles. The van der Waals surface area contributed by atoms with E-state index in [1.807, 2.05) is 60.7 Å². The van der Waals surface area contributed by atoms with Gasteiger partial charge in [0.2, 0.25) is 5.91 Å². The molecule has 0 unspecified atom stereocenters. The Bertz CT molecular complexity index is 569. The van der Waals surface area contributed by atoms with E-state index in [0.717, 1.165) is 11.1 Å². The molecule has 4 heteroatoms. The first kappa shape index (κ1) is 15.8. The van der Waals surface area contributed by atoms with Crippen LogP contribution in [0.1, 0.15) is 17.5 Å². The summed E-state index contributed by atoms with van der Waals surface area (Å²) in [4.78, 5) is 25.4. The molecule has 0 N–H and O–H groups in total. The topological polar surface area (TPSA) is 46.6 Å². The number of nitrogens with zero attached hydrogens (tertiary/aromatic N) is 1. The second kappa shape index (κ2) is 7.98. The highest BCUT2D eigenvalue weighted by molar-refractivity contribution is 5.94. The van der Waals surface area contributed by atoms with Gasteiger partial charge in [-0.2, -0.15) is 0 Å². The largest absolute Gasteiger partial charge is 0.469 e. The minimum absolute atomic E-state index is 0.237. The van der Waals surface area contributed by atoms with Gasteiger partial charge < -0.3 is 9.64 Å². The van der Waals surface area contributed by atoms with Crippen molar-refractivity contribution in [2.24, 2.45) is 0 Å². The van der Waals surface area contributed by atoms with Crippen molar-refractivity contribution < 1.29 is 14.3 Å². The molecule has 2 aromatic rings. The number of carbonyl (C=O) groups excluding carboxylic acids is 2. The minimum atomic E-state index is -0.517. The Labute approximate surface area is 130 Å². The van der Waals surface area contributed by atoms with Crippen molar-refractivity contribution in [1.29, 1.82) is 0 Å². The van der Waals surface area contributed by atoms with Crippen LogP contribution in [0.5, 0.6) is 0 Å². The molecule has 0 saturated heterocycles. The van der Waals surface area contributed by atoms with Crippen LogP contribution in [0.2, 0.25) is 0 Å². The first-order valence-electron chi connectivity index (χ1n) is 7.11. The maximum atomic E-state index is 12.3. The number of esters is 1. The van der Waals surface area contributed by atoms with E-state index >= 15 is 0 Å². The standard InChI is InChI=1S/C18H19NO3/c1-22-18(21)12-17(20)19(13-15-8-4-2-5-9-15)14-16-10-6-3-7-11-16/h2-11H,12-14H2,1H3. The second-order valence-electron chi connectivity index (χ2n) is 4.97. The Balaban J connectivity index is 2.12. The summed E-state index contributed by atoms with van der Waals surface area (Å²) in [5.74, 6) is -0.754. The molecule has 0 aliphatic rings. The van der Waals surface area contributed by atoms with Gasteiger partial charge in [-0.1, -0.05) is 60.7 Å². The van der Waals surface area contributed by atoms with Crippen molar-refractivity contribution >= 4 is 11.9 Å². The van der Waals surface area contributed by atoms with Crippen molar-refractivity contribution in [3.8, 4) is 0 Å². The lowest BCUT2D eigenvalue weighted by Gasteiger charge is -2.22. The molecule has 0 heterocycles. The number of hydrogen-bond acceptors (Lipinski definition) is 3. The molecular weight excluding hydrogens is 278 g/mol. The summed E-state index contributed by atoms with van der Waals surface area (Å²) in [6.07, 6.45) is -0.240. The van der Waals surface area contributed by atoms with Crippen LogP contribution in [0.25, 0.3) is 0 Å². The molecule has 0 aliphatic carbocycles.